The van der Waals surface area contributed by atoms with E-state index in [0.29, 0.717) is 28.7 Å². The van der Waals surface area contributed by atoms with E-state index in [1.54, 1.807) is 0 Å². The molecule has 134 valence electrons. The summed E-state index contributed by atoms with van der Waals surface area (Å²) in [4.78, 5) is 14.2. The fraction of sp³-hybridized carbons (Fsp3) is 0.619. The minimum Gasteiger partial charge on any atom is -0.432 e. The molecule has 0 saturated heterocycles. The number of ether oxygens (including phenoxy) is 1. The van der Waals surface area contributed by atoms with E-state index in [2.05, 4.69) is 25.1 Å². The number of hydrogen-bond acceptors (Lipinski definition) is 3. The minimum atomic E-state index is -0.0420. The first-order valence-corrected chi connectivity index (χ1v) is 9.86. The molecule has 0 bridgehead atoms. The quantitative estimate of drug-likeness (QED) is 0.700. The summed E-state index contributed by atoms with van der Waals surface area (Å²) < 4.78 is 5.79. The Kier molecular flexibility index (Phi) is 4.14. The van der Waals surface area contributed by atoms with Crippen LogP contribution in [0.3, 0.4) is 0 Å². The number of nitrogens with zero attached hydrogens (tertiary/aromatic N) is 1. The van der Waals surface area contributed by atoms with Gasteiger partial charge in [-0.2, -0.15) is 0 Å². The number of carbonyl (C=O) groups excluding carboxylic acids is 1. The number of Topliss-reactive ketones (excluding diaryl/α,β-unsaturated/α-hetero) is 1. The summed E-state index contributed by atoms with van der Waals surface area (Å²) in [6.45, 7) is 2.23. The van der Waals surface area contributed by atoms with E-state index in [0.717, 1.165) is 37.9 Å². The summed E-state index contributed by atoms with van der Waals surface area (Å²) in [7, 11) is 3.79. The van der Waals surface area contributed by atoms with Crippen LogP contribution in [-0.2, 0) is 11.2 Å². The Morgan fingerprint density at radius 3 is 2.80 bits per heavy atom. The number of ketones is 1. The van der Waals surface area contributed by atoms with Gasteiger partial charge in [-0.15, -0.1) is 0 Å². The number of rotatable bonds is 1. The van der Waals surface area contributed by atoms with Crippen LogP contribution in [0.4, 0.5) is 0 Å². The Balaban J connectivity index is 1.59. The van der Waals surface area contributed by atoms with E-state index in [4.69, 9.17) is 17.0 Å². The van der Waals surface area contributed by atoms with Crippen molar-refractivity contribution in [2.24, 2.45) is 17.3 Å². The van der Waals surface area contributed by atoms with Crippen molar-refractivity contribution in [1.82, 2.24) is 4.90 Å². The van der Waals surface area contributed by atoms with Gasteiger partial charge in [0.1, 0.15) is 11.5 Å². The van der Waals surface area contributed by atoms with Gasteiger partial charge in [0.15, 0.2) is 0 Å². The van der Waals surface area contributed by atoms with E-state index >= 15 is 0 Å². The molecule has 3 aliphatic carbocycles. The molecule has 0 amide bonds. The zero-order valence-corrected chi connectivity index (χ0v) is 16.2. The first kappa shape index (κ1) is 17.0. The van der Waals surface area contributed by atoms with Crippen molar-refractivity contribution >= 4 is 23.2 Å². The number of thiocarbonyl (C=S) groups is 1. The lowest BCUT2D eigenvalue weighted by molar-refractivity contribution is -0.129. The van der Waals surface area contributed by atoms with E-state index in [1.165, 1.54) is 17.5 Å². The van der Waals surface area contributed by atoms with Crippen molar-refractivity contribution in [3.05, 3.63) is 29.3 Å². The summed E-state index contributed by atoms with van der Waals surface area (Å²) in [6, 6.07) is 6.48. The first-order valence-electron chi connectivity index (χ1n) is 9.45. The lowest BCUT2D eigenvalue weighted by Crippen LogP contribution is -2.42. The number of aryl methyl sites for hydroxylation is 1. The molecule has 1 aromatic rings. The fourth-order valence-corrected chi connectivity index (χ4v) is 5.68. The van der Waals surface area contributed by atoms with Crippen molar-refractivity contribution in [3.63, 3.8) is 0 Å². The third kappa shape index (κ3) is 2.69. The molecule has 0 heterocycles. The largest absolute Gasteiger partial charge is 0.432 e. The SMILES string of the molecule is CN(C)C(=S)Oc1ccc2c(c1)CC[C@@H]1[C@H]2CC[C@]2(C)C(=O)CC[C@@H]12. The summed E-state index contributed by atoms with van der Waals surface area (Å²) >= 11 is 5.25. The molecule has 0 aliphatic heterocycles. The van der Waals surface area contributed by atoms with E-state index in [1.807, 2.05) is 19.0 Å². The van der Waals surface area contributed by atoms with Crippen molar-refractivity contribution < 1.29 is 9.53 Å². The van der Waals surface area contributed by atoms with Gasteiger partial charge < -0.3 is 9.64 Å². The molecule has 4 atom stereocenters. The summed E-state index contributed by atoms with van der Waals surface area (Å²) in [5, 5.41) is 0.492. The highest BCUT2D eigenvalue weighted by Gasteiger charge is 2.54. The highest BCUT2D eigenvalue weighted by Crippen LogP contribution is 2.59. The number of benzene rings is 1. The second-order valence-corrected chi connectivity index (χ2v) is 8.81. The van der Waals surface area contributed by atoms with Gasteiger partial charge in [0.05, 0.1) is 0 Å². The molecule has 25 heavy (non-hydrogen) atoms. The average molecular weight is 358 g/mol. The summed E-state index contributed by atoms with van der Waals surface area (Å²) in [5.74, 6) is 3.23. The van der Waals surface area contributed by atoms with Crippen molar-refractivity contribution in [2.75, 3.05) is 14.1 Å². The Labute approximate surface area is 155 Å². The molecule has 4 heteroatoms. The molecule has 0 unspecified atom stereocenters. The normalized spacial score (nSPS) is 33.2. The van der Waals surface area contributed by atoms with Crippen molar-refractivity contribution in [3.8, 4) is 5.75 Å². The van der Waals surface area contributed by atoms with Crippen LogP contribution in [0.5, 0.6) is 5.75 Å². The zero-order valence-electron chi connectivity index (χ0n) is 15.4. The fourth-order valence-electron chi connectivity index (χ4n) is 5.59. The molecule has 0 radical (unpaired) electrons. The van der Waals surface area contributed by atoms with Crippen LogP contribution < -0.4 is 4.74 Å². The van der Waals surface area contributed by atoms with Gasteiger partial charge >= 0.3 is 0 Å². The third-order valence-electron chi connectivity index (χ3n) is 6.98. The molecular weight excluding hydrogens is 330 g/mol. The molecule has 0 aromatic heterocycles. The third-order valence-corrected chi connectivity index (χ3v) is 7.43. The second-order valence-electron chi connectivity index (χ2n) is 8.46. The van der Waals surface area contributed by atoms with Crippen LogP contribution in [0, 0.1) is 17.3 Å². The number of hydrogen-bond donors (Lipinski definition) is 0. The van der Waals surface area contributed by atoms with Crippen LogP contribution in [0.2, 0.25) is 0 Å². The van der Waals surface area contributed by atoms with E-state index in [9.17, 15) is 4.79 Å². The predicted octanol–water partition coefficient (Wildman–Crippen LogP) is 4.34. The molecule has 3 aliphatic rings. The van der Waals surface area contributed by atoms with Gasteiger partial charge in [-0.05, 0) is 85.3 Å². The Morgan fingerprint density at radius 2 is 2.04 bits per heavy atom. The molecular formula is C21H27NO2S. The molecule has 2 fully saturated rings. The van der Waals surface area contributed by atoms with Gasteiger partial charge in [0.25, 0.3) is 5.17 Å². The van der Waals surface area contributed by atoms with Crippen LogP contribution >= 0.6 is 12.2 Å². The van der Waals surface area contributed by atoms with Gasteiger partial charge in [0.2, 0.25) is 0 Å². The van der Waals surface area contributed by atoms with Crippen LogP contribution in [-0.4, -0.2) is 30.0 Å². The number of fused-ring (bicyclic) bond motifs is 5. The monoisotopic (exact) mass is 357 g/mol. The Hall–Kier alpha value is -1.42. The Bertz CT molecular complexity index is 729. The number of carbonyl (C=O) groups is 1. The molecule has 2 saturated carbocycles. The van der Waals surface area contributed by atoms with Gasteiger partial charge in [-0.25, -0.2) is 0 Å². The standard InChI is InChI=1S/C21H27NO2S/c1-21-11-10-16-15-7-5-14(24-20(25)22(2)3)12-13(15)4-6-17(16)18(21)8-9-19(21)23/h5,7,12,16-18H,4,6,8-11H2,1-3H3/t16-,17+,18-,21-/m0/s1. The second kappa shape index (κ2) is 6.08. The van der Waals surface area contributed by atoms with Crippen molar-refractivity contribution in [1.29, 1.82) is 0 Å². The maximum atomic E-state index is 12.4. The van der Waals surface area contributed by atoms with Crippen LogP contribution in [0.15, 0.2) is 18.2 Å². The van der Waals surface area contributed by atoms with Crippen LogP contribution in [0.1, 0.15) is 56.1 Å². The smallest absolute Gasteiger partial charge is 0.264 e. The Morgan fingerprint density at radius 1 is 1.24 bits per heavy atom. The summed E-state index contributed by atoms with van der Waals surface area (Å²) in [5.41, 5.74) is 2.86. The average Bonchev–Trinajstić information content (AvgIpc) is 2.89. The highest BCUT2D eigenvalue weighted by molar-refractivity contribution is 7.80. The van der Waals surface area contributed by atoms with Gasteiger partial charge in [0, 0.05) is 25.9 Å². The molecule has 0 N–H and O–H groups in total. The molecule has 1 aromatic carbocycles. The summed E-state index contributed by atoms with van der Waals surface area (Å²) in [6.07, 6.45) is 6.39. The van der Waals surface area contributed by atoms with Crippen molar-refractivity contribution in [2.45, 2.75) is 51.4 Å². The predicted molar refractivity (Wildman–Crippen MR) is 103 cm³/mol. The lowest BCUT2D eigenvalue weighted by atomic mass is 9.55. The van der Waals surface area contributed by atoms with Crippen LogP contribution in [0.25, 0.3) is 0 Å². The minimum absolute atomic E-state index is 0.0420. The topological polar surface area (TPSA) is 29.5 Å². The van der Waals surface area contributed by atoms with Gasteiger partial charge in [-0.3, -0.25) is 4.79 Å². The highest BCUT2D eigenvalue weighted by atomic mass is 32.1. The molecule has 0 spiro atoms. The molecule has 4 rings (SSSR count). The molecule has 3 nitrogen and oxygen atoms in total. The van der Waals surface area contributed by atoms with Gasteiger partial charge in [-0.1, -0.05) is 13.0 Å². The van der Waals surface area contributed by atoms with E-state index < -0.39 is 0 Å². The maximum absolute atomic E-state index is 12.4. The first-order chi connectivity index (χ1) is 11.9. The zero-order chi connectivity index (χ0) is 17.8. The maximum Gasteiger partial charge on any atom is 0.264 e. The van der Waals surface area contributed by atoms with E-state index in [-0.39, 0.29) is 5.41 Å². The lowest BCUT2D eigenvalue weighted by Gasteiger charge is -2.48.